The predicted molar refractivity (Wildman–Crippen MR) is 173 cm³/mol. The Labute approximate surface area is 266 Å². The topological polar surface area (TPSA) is 97.6 Å². The van der Waals surface area contributed by atoms with Gasteiger partial charge in [-0.05, 0) is 136 Å². The molecule has 2 bridgehead atoms. The number of ether oxygens (including phenoxy) is 1. The molecule has 45 heavy (non-hydrogen) atoms. The second kappa shape index (κ2) is 11.9. The number of carbonyl (C=O) groups is 2. The van der Waals surface area contributed by atoms with Gasteiger partial charge in [-0.1, -0.05) is 18.2 Å². The number of aromatic nitrogens is 3. The second-order valence-electron chi connectivity index (χ2n) is 14.5. The molecule has 8 rings (SSSR count). The Morgan fingerprint density at radius 1 is 0.978 bits per heavy atom. The molecule has 0 spiro atoms. The van der Waals surface area contributed by atoms with Crippen LogP contribution >= 0.6 is 0 Å². The Bertz CT molecular complexity index is 1540. The second-order valence-corrected chi connectivity index (χ2v) is 14.5. The van der Waals surface area contributed by atoms with Crippen molar-refractivity contribution < 1.29 is 19.4 Å². The van der Waals surface area contributed by atoms with Gasteiger partial charge in [-0.15, -0.1) is 0 Å². The van der Waals surface area contributed by atoms with Gasteiger partial charge in [-0.25, -0.2) is 9.67 Å². The number of carboxylic acid groups (broad SMARTS) is 1. The summed E-state index contributed by atoms with van der Waals surface area (Å²) in [5.41, 5.74) is 4.79. The molecule has 1 aromatic heterocycles. The Kier molecular flexibility index (Phi) is 7.95. The number of carbonyl (C=O) groups excluding carboxylic acids is 1. The zero-order valence-electron chi connectivity index (χ0n) is 26.7. The third-order valence-corrected chi connectivity index (χ3v) is 11.7. The number of carboxylic acids is 1. The number of anilines is 1. The third-order valence-electron chi connectivity index (χ3n) is 11.7. The molecule has 5 saturated carbocycles. The fourth-order valence-electron chi connectivity index (χ4n) is 8.59. The quantitative estimate of drug-likeness (QED) is 0.258. The van der Waals surface area contributed by atoms with E-state index in [2.05, 4.69) is 47.1 Å². The molecular formula is C37H46N4O4. The summed E-state index contributed by atoms with van der Waals surface area (Å²) in [6.07, 6.45) is 14.2. The fraction of sp³-hybridized carbons (Fsp3) is 0.568. The lowest BCUT2D eigenvalue weighted by Crippen LogP contribution is -2.51. The summed E-state index contributed by atoms with van der Waals surface area (Å²) in [7, 11) is 1.73. The highest BCUT2D eigenvalue weighted by Crippen LogP contribution is 2.58. The molecule has 8 heteroatoms. The van der Waals surface area contributed by atoms with Crippen LogP contribution in [0.4, 0.5) is 5.69 Å². The highest BCUT2D eigenvalue weighted by molar-refractivity contribution is 5.95. The van der Waals surface area contributed by atoms with Gasteiger partial charge in [0.05, 0.1) is 12.8 Å². The van der Waals surface area contributed by atoms with Crippen molar-refractivity contribution in [3.63, 3.8) is 0 Å². The van der Waals surface area contributed by atoms with Crippen LogP contribution in [0.5, 0.6) is 5.75 Å². The molecule has 1 N–H and O–H groups in total. The van der Waals surface area contributed by atoms with Gasteiger partial charge < -0.3 is 14.7 Å². The normalized spacial score (nSPS) is 27.7. The van der Waals surface area contributed by atoms with E-state index in [0.29, 0.717) is 5.92 Å². The van der Waals surface area contributed by atoms with E-state index in [1.165, 1.54) is 11.1 Å². The van der Waals surface area contributed by atoms with Crippen molar-refractivity contribution in [3.8, 4) is 11.4 Å². The number of amides is 1. The van der Waals surface area contributed by atoms with Gasteiger partial charge in [0.2, 0.25) is 5.91 Å². The number of benzene rings is 2. The zero-order valence-corrected chi connectivity index (χ0v) is 26.7. The van der Waals surface area contributed by atoms with Crippen LogP contribution < -0.4 is 9.64 Å². The van der Waals surface area contributed by atoms with Crippen LogP contribution in [0.2, 0.25) is 0 Å². The number of methoxy groups -OCH3 is 1. The number of rotatable bonds is 10. The SMILES string of the molecule is COc1ccc(C23CCC(CN(C(=O)C4CCC(CC(=O)O)CC4)c4cccc(-n5cnc(C6CC6)n5)c4)(CC2)CC3)cc1C. The Balaban J connectivity index is 1.13. The summed E-state index contributed by atoms with van der Waals surface area (Å²) in [4.78, 5) is 32.4. The first-order valence-electron chi connectivity index (χ1n) is 17.0. The van der Waals surface area contributed by atoms with E-state index in [1.807, 2.05) is 16.8 Å². The average Bonchev–Trinajstić information content (AvgIpc) is 3.80. The maximum atomic E-state index is 14.5. The van der Waals surface area contributed by atoms with Gasteiger partial charge in [0.1, 0.15) is 12.1 Å². The molecule has 1 amide bonds. The maximum Gasteiger partial charge on any atom is 0.303 e. The standard InChI is InChI=1S/C37H46N4O4/c1-25-20-29(12-13-32(25)45-2)37-17-14-36(15-18-37,16-19-37)23-40(35(44)28-8-6-26(7-9-28)21-33(42)43)30-4-3-5-31(22-30)41-24-38-34(39-41)27-10-11-27/h3-5,12-13,20,22,24,26-28H,6-11,14-19,21,23H2,1-2H3,(H,42,43). The largest absolute Gasteiger partial charge is 0.496 e. The molecule has 0 saturated heterocycles. The number of aryl methyl sites for hydroxylation is 1. The van der Waals surface area contributed by atoms with E-state index < -0.39 is 5.97 Å². The van der Waals surface area contributed by atoms with E-state index >= 15 is 0 Å². The molecule has 3 aromatic rings. The monoisotopic (exact) mass is 610 g/mol. The number of hydrogen-bond donors (Lipinski definition) is 1. The Morgan fingerprint density at radius 2 is 1.71 bits per heavy atom. The van der Waals surface area contributed by atoms with Crippen LogP contribution in [0.3, 0.4) is 0 Å². The number of nitrogens with zero attached hydrogens (tertiary/aromatic N) is 4. The highest BCUT2D eigenvalue weighted by atomic mass is 16.5. The van der Waals surface area contributed by atoms with E-state index in [9.17, 15) is 14.7 Å². The molecule has 5 aliphatic rings. The number of hydrogen-bond acceptors (Lipinski definition) is 5. The average molecular weight is 611 g/mol. The van der Waals surface area contributed by atoms with Crippen molar-refractivity contribution in [3.05, 3.63) is 65.7 Å². The summed E-state index contributed by atoms with van der Waals surface area (Å²) >= 11 is 0. The minimum Gasteiger partial charge on any atom is -0.496 e. The summed E-state index contributed by atoms with van der Waals surface area (Å²) in [6.45, 7) is 2.86. The summed E-state index contributed by atoms with van der Waals surface area (Å²) in [5.74, 6) is 1.88. The van der Waals surface area contributed by atoms with E-state index in [4.69, 9.17) is 9.84 Å². The van der Waals surface area contributed by atoms with Crippen LogP contribution in [0.15, 0.2) is 48.8 Å². The lowest BCUT2D eigenvalue weighted by Gasteiger charge is -2.55. The van der Waals surface area contributed by atoms with E-state index in [1.54, 1.807) is 13.4 Å². The lowest BCUT2D eigenvalue weighted by molar-refractivity contribution is -0.138. The molecule has 5 fully saturated rings. The molecule has 0 atom stereocenters. The van der Waals surface area contributed by atoms with Gasteiger partial charge in [-0.2, -0.15) is 5.10 Å². The fourth-order valence-corrected chi connectivity index (χ4v) is 8.59. The van der Waals surface area contributed by atoms with Crippen LogP contribution in [-0.2, 0) is 15.0 Å². The van der Waals surface area contributed by atoms with Gasteiger partial charge >= 0.3 is 5.97 Å². The first-order chi connectivity index (χ1) is 21.8. The van der Waals surface area contributed by atoms with Crippen molar-refractivity contribution in [2.45, 2.75) is 102 Å². The van der Waals surface area contributed by atoms with Gasteiger partial charge in [0.25, 0.3) is 0 Å². The van der Waals surface area contributed by atoms with Crippen LogP contribution in [0.25, 0.3) is 5.69 Å². The number of fused-ring (bicyclic) bond motifs is 3. The molecule has 1 heterocycles. The minimum atomic E-state index is -0.740. The maximum absolute atomic E-state index is 14.5. The summed E-state index contributed by atoms with van der Waals surface area (Å²) < 4.78 is 7.39. The minimum absolute atomic E-state index is 0.0727. The van der Waals surface area contributed by atoms with Crippen molar-refractivity contribution in [2.75, 3.05) is 18.6 Å². The van der Waals surface area contributed by atoms with Crippen LogP contribution in [-0.4, -0.2) is 45.4 Å². The highest BCUT2D eigenvalue weighted by Gasteiger charge is 2.50. The molecule has 0 aliphatic heterocycles. The van der Waals surface area contributed by atoms with Gasteiger partial charge in [0, 0.05) is 30.5 Å². The van der Waals surface area contributed by atoms with E-state index in [0.717, 1.165) is 107 Å². The predicted octanol–water partition coefficient (Wildman–Crippen LogP) is 7.37. The Hall–Kier alpha value is -3.68. The van der Waals surface area contributed by atoms with Crippen LogP contribution in [0.1, 0.15) is 106 Å². The molecule has 8 nitrogen and oxygen atoms in total. The third kappa shape index (κ3) is 6.00. The number of aliphatic carboxylic acids is 1. The van der Waals surface area contributed by atoms with Gasteiger partial charge in [0.15, 0.2) is 5.82 Å². The Morgan fingerprint density at radius 3 is 2.36 bits per heavy atom. The van der Waals surface area contributed by atoms with Crippen molar-refractivity contribution in [1.82, 2.24) is 14.8 Å². The van der Waals surface area contributed by atoms with Crippen LogP contribution in [0, 0.1) is 24.2 Å². The van der Waals surface area contributed by atoms with Crippen molar-refractivity contribution >= 4 is 17.6 Å². The lowest BCUT2D eigenvalue weighted by atomic mass is 9.51. The van der Waals surface area contributed by atoms with E-state index in [-0.39, 0.29) is 35.0 Å². The van der Waals surface area contributed by atoms with Gasteiger partial charge in [-0.3, -0.25) is 9.59 Å². The summed E-state index contributed by atoms with van der Waals surface area (Å²) in [6, 6.07) is 15.0. The van der Waals surface area contributed by atoms with Crippen molar-refractivity contribution in [2.24, 2.45) is 17.3 Å². The molecule has 238 valence electrons. The summed E-state index contributed by atoms with van der Waals surface area (Å²) in [5, 5.41) is 14.1. The molecular weight excluding hydrogens is 564 g/mol. The molecule has 5 aliphatic carbocycles. The van der Waals surface area contributed by atoms with Crippen molar-refractivity contribution in [1.29, 1.82) is 0 Å². The molecule has 0 radical (unpaired) electrons. The first kappa shape index (κ1) is 30.0. The molecule has 0 unspecified atom stereocenters. The smallest absolute Gasteiger partial charge is 0.303 e. The zero-order chi connectivity index (χ0) is 31.2. The molecule has 2 aromatic carbocycles. The first-order valence-corrected chi connectivity index (χ1v) is 17.0.